The van der Waals surface area contributed by atoms with Crippen LogP contribution < -0.4 is 4.74 Å². The first-order valence-corrected chi connectivity index (χ1v) is 4.78. The summed E-state index contributed by atoms with van der Waals surface area (Å²) in [7, 11) is 0. The molecule has 1 aromatic carbocycles. The van der Waals surface area contributed by atoms with Crippen LogP contribution in [0.2, 0.25) is 0 Å². The first-order chi connectivity index (χ1) is 7.78. The van der Waals surface area contributed by atoms with Gasteiger partial charge >= 0.3 is 0 Å². The molecule has 0 radical (unpaired) electrons. The Kier molecular flexibility index (Phi) is 3.12. The first-order valence-electron chi connectivity index (χ1n) is 4.78. The number of ether oxygens (including phenoxy) is 1. The zero-order valence-corrected chi connectivity index (χ0v) is 8.43. The van der Waals surface area contributed by atoms with Crippen molar-refractivity contribution in [3.05, 3.63) is 54.0 Å². The van der Waals surface area contributed by atoms with E-state index in [-0.39, 0.29) is 12.4 Å². The van der Waals surface area contributed by atoms with Crippen LogP contribution in [0.5, 0.6) is 11.6 Å². The minimum Gasteiger partial charge on any atom is -0.439 e. The third-order valence-corrected chi connectivity index (χ3v) is 1.96. The monoisotopic (exact) mass is 219 g/mol. The summed E-state index contributed by atoms with van der Waals surface area (Å²) < 4.78 is 18.2. The van der Waals surface area contributed by atoms with Crippen molar-refractivity contribution in [1.29, 1.82) is 0 Å². The fourth-order valence-electron chi connectivity index (χ4n) is 1.25. The summed E-state index contributed by atoms with van der Waals surface area (Å²) in [5, 5.41) is 8.89. The van der Waals surface area contributed by atoms with Crippen LogP contribution in [-0.2, 0) is 6.61 Å². The van der Waals surface area contributed by atoms with Crippen LogP contribution in [0.1, 0.15) is 5.69 Å². The minimum absolute atomic E-state index is 0.152. The van der Waals surface area contributed by atoms with Crippen molar-refractivity contribution in [2.24, 2.45) is 0 Å². The van der Waals surface area contributed by atoms with Crippen LogP contribution in [0.25, 0.3) is 0 Å². The van der Waals surface area contributed by atoms with Gasteiger partial charge in [-0.15, -0.1) is 0 Å². The van der Waals surface area contributed by atoms with Crippen molar-refractivity contribution in [3.8, 4) is 11.6 Å². The summed E-state index contributed by atoms with van der Waals surface area (Å²) in [6.45, 7) is -0.152. The van der Waals surface area contributed by atoms with E-state index >= 15 is 0 Å². The number of rotatable bonds is 3. The Morgan fingerprint density at radius 1 is 1.19 bits per heavy atom. The van der Waals surface area contributed by atoms with Gasteiger partial charge in [0.25, 0.3) is 0 Å². The van der Waals surface area contributed by atoms with Crippen LogP contribution in [0, 0.1) is 5.82 Å². The van der Waals surface area contributed by atoms with Gasteiger partial charge in [-0.05, 0) is 18.2 Å². The van der Waals surface area contributed by atoms with Crippen molar-refractivity contribution in [2.45, 2.75) is 6.61 Å². The number of halogens is 1. The molecule has 0 unspecified atom stereocenters. The molecule has 0 atom stereocenters. The SMILES string of the molecule is OCc1cccc(Oc2cccc(F)c2)n1. The lowest BCUT2D eigenvalue weighted by molar-refractivity contribution is 0.275. The van der Waals surface area contributed by atoms with E-state index in [9.17, 15) is 4.39 Å². The first kappa shape index (κ1) is 10.6. The molecule has 0 spiro atoms. The summed E-state index contributed by atoms with van der Waals surface area (Å²) in [5.41, 5.74) is 0.508. The number of aliphatic hydroxyl groups excluding tert-OH is 1. The van der Waals surface area contributed by atoms with E-state index in [0.717, 1.165) is 0 Å². The Morgan fingerprint density at radius 3 is 2.75 bits per heavy atom. The van der Waals surface area contributed by atoms with Gasteiger partial charge in [-0.1, -0.05) is 12.1 Å². The number of hydrogen-bond acceptors (Lipinski definition) is 3. The van der Waals surface area contributed by atoms with E-state index in [0.29, 0.717) is 17.3 Å². The van der Waals surface area contributed by atoms with Crippen molar-refractivity contribution in [2.75, 3.05) is 0 Å². The van der Waals surface area contributed by atoms with Gasteiger partial charge in [0.2, 0.25) is 5.88 Å². The molecule has 1 N–H and O–H groups in total. The zero-order chi connectivity index (χ0) is 11.4. The standard InChI is InChI=1S/C12H10FNO2/c13-9-3-1-5-11(7-9)16-12-6-2-4-10(8-15)14-12/h1-7,15H,8H2. The predicted octanol–water partition coefficient (Wildman–Crippen LogP) is 2.51. The third-order valence-electron chi connectivity index (χ3n) is 1.96. The highest BCUT2D eigenvalue weighted by molar-refractivity contribution is 5.27. The van der Waals surface area contributed by atoms with Gasteiger partial charge in [-0.25, -0.2) is 9.37 Å². The molecular formula is C12H10FNO2. The maximum Gasteiger partial charge on any atom is 0.219 e. The van der Waals surface area contributed by atoms with Crippen molar-refractivity contribution in [3.63, 3.8) is 0 Å². The van der Waals surface area contributed by atoms with Gasteiger partial charge in [-0.3, -0.25) is 0 Å². The molecule has 0 saturated heterocycles. The highest BCUT2D eigenvalue weighted by atomic mass is 19.1. The van der Waals surface area contributed by atoms with Crippen molar-refractivity contribution < 1.29 is 14.2 Å². The molecule has 16 heavy (non-hydrogen) atoms. The van der Waals surface area contributed by atoms with Crippen LogP contribution in [-0.4, -0.2) is 10.1 Å². The lowest BCUT2D eigenvalue weighted by atomic mass is 10.3. The number of aliphatic hydroxyl groups is 1. The van der Waals surface area contributed by atoms with E-state index in [4.69, 9.17) is 9.84 Å². The van der Waals surface area contributed by atoms with E-state index in [1.54, 1.807) is 30.3 Å². The van der Waals surface area contributed by atoms with E-state index in [2.05, 4.69) is 4.98 Å². The minimum atomic E-state index is -0.365. The normalized spacial score (nSPS) is 10.1. The fourth-order valence-corrected chi connectivity index (χ4v) is 1.25. The molecule has 2 rings (SSSR count). The second-order valence-electron chi connectivity index (χ2n) is 3.18. The van der Waals surface area contributed by atoms with E-state index < -0.39 is 0 Å². The Labute approximate surface area is 92.1 Å². The second-order valence-corrected chi connectivity index (χ2v) is 3.18. The molecule has 0 aliphatic carbocycles. The smallest absolute Gasteiger partial charge is 0.219 e. The summed E-state index contributed by atoms with van der Waals surface area (Å²) in [5.74, 6) is 0.343. The number of nitrogens with zero attached hydrogens (tertiary/aromatic N) is 1. The highest BCUT2D eigenvalue weighted by Crippen LogP contribution is 2.20. The summed E-state index contributed by atoms with van der Waals surface area (Å²) >= 11 is 0. The molecule has 0 aliphatic heterocycles. The lowest BCUT2D eigenvalue weighted by Crippen LogP contribution is -1.92. The predicted molar refractivity (Wildman–Crippen MR) is 56.6 cm³/mol. The molecule has 3 nitrogen and oxygen atoms in total. The van der Waals surface area contributed by atoms with Crippen molar-refractivity contribution in [1.82, 2.24) is 4.98 Å². The molecule has 4 heteroatoms. The van der Waals surface area contributed by atoms with Gasteiger partial charge in [0.05, 0.1) is 12.3 Å². The molecule has 0 fully saturated rings. The quantitative estimate of drug-likeness (QED) is 0.862. The maximum atomic E-state index is 12.9. The van der Waals surface area contributed by atoms with Crippen LogP contribution >= 0.6 is 0 Å². The lowest BCUT2D eigenvalue weighted by Gasteiger charge is -2.05. The average Bonchev–Trinajstić information content (AvgIpc) is 2.29. The van der Waals surface area contributed by atoms with Gasteiger partial charge in [-0.2, -0.15) is 0 Å². The fraction of sp³-hybridized carbons (Fsp3) is 0.0833. The molecule has 82 valence electrons. The largest absolute Gasteiger partial charge is 0.439 e. The number of aromatic nitrogens is 1. The number of hydrogen-bond donors (Lipinski definition) is 1. The van der Waals surface area contributed by atoms with Crippen LogP contribution in [0.3, 0.4) is 0 Å². The Morgan fingerprint density at radius 2 is 2.00 bits per heavy atom. The third kappa shape index (κ3) is 2.55. The Balaban J connectivity index is 2.20. The van der Waals surface area contributed by atoms with Crippen LogP contribution in [0.15, 0.2) is 42.5 Å². The molecule has 2 aromatic rings. The Hall–Kier alpha value is -1.94. The molecule has 1 heterocycles. The van der Waals surface area contributed by atoms with E-state index in [1.165, 1.54) is 12.1 Å². The van der Waals surface area contributed by atoms with Gasteiger partial charge in [0, 0.05) is 12.1 Å². The van der Waals surface area contributed by atoms with Crippen LogP contribution in [0.4, 0.5) is 4.39 Å². The summed E-state index contributed by atoms with van der Waals surface area (Å²) in [6, 6.07) is 10.8. The molecular weight excluding hydrogens is 209 g/mol. The Bertz CT molecular complexity index is 488. The summed E-state index contributed by atoms with van der Waals surface area (Å²) in [6.07, 6.45) is 0. The average molecular weight is 219 g/mol. The second kappa shape index (κ2) is 4.72. The summed E-state index contributed by atoms with van der Waals surface area (Å²) in [4.78, 5) is 4.02. The maximum absolute atomic E-state index is 12.9. The van der Waals surface area contributed by atoms with Crippen molar-refractivity contribution >= 4 is 0 Å². The molecule has 0 saturated carbocycles. The van der Waals surface area contributed by atoms with Gasteiger partial charge in [0.15, 0.2) is 0 Å². The zero-order valence-electron chi connectivity index (χ0n) is 8.43. The molecule has 0 aliphatic rings. The molecule has 0 amide bonds. The highest BCUT2D eigenvalue weighted by Gasteiger charge is 2.00. The number of pyridine rings is 1. The van der Waals surface area contributed by atoms with Gasteiger partial charge < -0.3 is 9.84 Å². The topological polar surface area (TPSA) is 42.4 Å². The molecule has 1 aromatic heterocycles. The number of benzene rings is 1. The molecule has 0 bridgehead atoms. The van der Waals surface area contributed by atoms with E-state index in [1.807, 2.05) is 0 Å². The van der Waals surface area contributed by atoms with Gasteiger partial charge in [0.1, 0.15) is 11.6 Å².